The molecule has 0 spiro atoms. The highest BCUT2D eigenvalue weighted by Crippen LogP contribution is 2.14. The van der Waals surface area contributed by atoms with Gasteiger partial charge < -0.3 is 15.7 Å². The van der Waals surface area contributed by atoms with Crippen molar-refractivity contribution in [2.75, 3.05) is 17.5 Å². The largest absolute Gasteiger partial charge is 0.390 e. The molecule has 7 nitrogen and oxygen atoms in total. The number of aliphatic hydroxyl groups excluding tert-OH is 1. The van der Waals surface area contributed by atoms with Gasteiger partial charge in [0, 0.05) is 31.3 Å². The Morgan fingerprint density at radius 3 is 2.23 bits per heavy atom. The van der Waals surface area contributed by atoms with E-state index in [1.165, 1.54) is 17.7 Å². The average molecular weight is 560 g/mol. The van der Waals surface area contributed by atoms with Gasteiger partial charge in [0.15, 0.2) is 0 Å². The number of benzene rings is 3. The predicted molar refractivity (Wildman–Crippen MR) is 149 cm³/mol. The first-order chi connectivity index (χ1) is 18.5. The van der Waals surface area contributed by atoms with Gasteiger partial charge in [0.1, 0.15) is 11.6 Å². The first-order valence-electron chi connectivity index (χ1n) is 12.8. The normalized spacial score (nSPS) is 13.1. The van der Waals surface area contributed by atoms with E-state index in [1.54, 1.807) is 24.3 Å². The molecular weight excluding hydrogens is 524 g/mol. The first-order valence-corrected chi connectivity index (χ1v) is 14.7. The molecule has 0 bridgehead atoms. The van der Waals surface area contributed by atoms with Crippen LogP contribution in [0, 0.1) is 11.6 Å². The second kappa shape index (κ2) is 14.2. The summed E-state index contributed by atoms with van der Waals surface area (Å²) in [5.74, 6) is -1.79. The van der Waals surface area contributed by atoms with Gasteiger partial charge in [-0.2, -0.15) is 0 Å². The van der Waals surface area contributed by atoms with Crippen molar-refractivity contribution < 1.29 is 27.1 Å². The Balaban J connectivity index is 1.61. The van der Waals surface area contributed by atoms with Gasteiger partial charge in [-0.1, -0.05) is 43.3 Å². The van der Waals surface area contributed by atoms with Crippen LogP contribution in [0.15, 0.2) is 66.7 Å². The molecule has 4 N–H and O–H groups in total. The zero-order valence-corrected chi connectivity index (χ0v) is 22.9. The molecule has 0 saturated carbocycles. The topological polar surface area (TPSA) is 108 Å². The van der Waals surface area contributed by atoms with Crippen LogP contribution in [-0.2, 0) is 40.6 Å². The van der Waals surface area contributed by atoms with Crippen LogP contribution >= 0.6 is 0 Å². The van der Waals surface area contributed by atoms with E-state index in [0.29, 0.717) is 24.2 Å². The minimum absolute atomic E-state index is 0.0421. The van der Waals surface area contributed by atoms with E-state index in [9.17, 15) is 27.1 Å². The van der Waals surface area contributed by atoms with Crippen LogP contribution < -0.4 is 15.4 Å². The molecule has 3 rings (SSSR count). The molecule has 2 atom stereocenters. The second-order valence-corrected chi connectivity index (χ2v) is 11.3. The number of halogens is 2. The minimum Gasteiger partial charge on any atom is -0.390 e. The first kappa shape index (κ1) is 30.2. The van der Waals surface area contributed by atoms with E-state index in [1.807, 2.05) is 18.2 Å². The van der Waals surface area contributed by atoms with E-state index in [0.717, 1.165) is 29.9 Å². The van der Waals surface area contributed by atoms with Crippen molar-refractivity contribution >= 4 is 21.6 Å². The van der Waals surface area contributed by atoms with Crippen molar-refractivity contribution in [3.8, 4) is 0 Å². The summed E-state index contributed by atoms with van der Waals surface area (Å²) < 4.78 is 52.7. The van der Waals surface area contributed by atoms with Crippen LogP contribution in [0.2, 0.25) is 0 Å². The van der Waals surface area contributed by atoms with Crippen molar-refractivity contribution in [3.63, 3.8) is 0 Å². The van der Waals surface area contributed by atoms with Crippen LogP contribution in [-0.4, -0.2) is 44.4 Å². The van der Waals surface area contributed by atoms with Crippen molar-refractivity contribution in [3.05, 3.63) is 101 Å². The number of aliphatic hydroxyl groups is 1. The highest BCUT2D eigenvalue weighted by molar-refractivity contribution is 7.92. The predicted octanol–water partition coefficient (Wildman–Crippen LogP) is 3.71. The van der Waals surface area contributed by atoms with E-state index < -0.39 is 33.8 Å². The standard InChI is InChI=1S/C29H35F2N3O4S/c1-3-20-5-4-6-22(13-20)18-32-19-28(35)27(16-23-14-24(30)17-25(31)15-23)33-29(36)12-9-21-7-10-26(11-8-21)34-39(2,37)38/h4-8,10-11,13-15,17,27-28,32,34-35H,3,9,12,16,18-19H2,1-2H3,(H,33,36). The van der Waals surface area contributed by atoms with E-state index >= 15 is 0 Å². The van der Waals surface area contributed by atoms with Gasteiger partial charge in [-0.05, 0) is 65.8 Å². The zero-order valence-electron chi connectivity index (χ0n) is 22.1. The number of nitrogens with one attached hydrogen (secondary N) is 3. The van der Waals surface area contributed by atoms with Crippen molar-refractivity contribution in [2.24, 2.45) is 0 Å². The van der Waals surface area contributed by atoms with Crippen LogP contribution in [0.5, 0.6) is 0 Å². The maximum atomic E-state index is 13.8. The maximum absolute atomic E-state index is 13.8. The monoisotopic (exact) mass is 559 g/mol. The number of hydrogen-bond donors (Lipinski definition) is 4. The molecule has 0 aliphatic carbocycles. The molecule has 0 radical (unpaired) electrons. The van der Waals surface area contributed by atoms with E-state index in [-0.39, 0.29) is 25.3 Å². The van der Waals surface area contributed by atoms with Gasteiger partial charge >= 0.3 is 0 Å². The van der Waals surface area contributed by atoms with E-state index in [4.69, 9.17) is 0 Å². The lowest BCUT2D eigenvalue weighted by molar-refractivity contribution is -0.122. The number of sulfonamides is 1. The smallest absolute Gasteiger partial charge is 0.229 e. The highest BCUT2D eigenvalue weighted by Gasteiger charge is 2.22. The summed E-state index contributed by atoms with van der Waals surface area (Å²) in [6.45, 7) is 2.75. The Kier molecular flexibility index (Phi) is 11.0. The molecular formula is C29H35F2N3O4S. The Morgan fingerprint density at radius 1 is 0.923 bits per heavy atom. The van der Waals surface area contributed by atoms with Crippen LogP contribution in [0.3, 0.4) is 0 Å². The van der Waals surface area contributed by atoms with E-state index in [2.05, 4.69) is 28.3 Å². The fourth-order valence-electron chi connectivity index (χ4n) is 4.22. The fourth-order valence-corrected chi connectivity index (χ4v) is 4.79. The third kappa shape index (κ3) is 10.7. The van der Waals surface area contributed by atoms with Crippen LogP contribution in [0.25, 0.3) is 0 Å². The molecule has 0 saturated heterocycles. The molecule has 210 valence electrons. The lowest BCUT2D eigenvalue weighted by Gasteiger charge is -2.25. The third-order valence-electron chi connectivity index (χ3n) is 6.17. The number of hydrogen-bond acceptors (Lipinski definition) is 5. The lowest BCUT2D eigenvalue weighted by Crippen LogP contribution is -2.48. The maximum Gasteiger partial charge on any atom is 0.229 e. The number of carbonyl (C=O) groups excluding carboxylic acids is 1. The summed E-state index contributed by atoms with van der Waals surface area (Å²) in [5, 5.41) is 16.9. The molecule has 2 unspecified atom stereocenters. The van der Waals surface area contributed by atoms with Gasteiger partial charge in [-0.25, -0.2) is 17.2 Å². The van der Waals surface area contributed by atoms with Gasteiger partial charge in [-0.15, -0.1) is 0 Å². The number of amides is 1. The second-order valence-electron chi connectivity index (χ2n) is 9.60. The van der Waals surface area contributed by atoms with Gasteiger partial charge in [-0.3, -0.25) is 9.52 Å². The molecule has 0 aromatic heterocycles. The van der Waals surface area contributed by atoms with Crippen molar-refractivity contribution in [2.45, 2.75) is 51.3 Å². The zero-order chi connectivity index (χ0) is 28.4. The summed E-state index contributed by atoms with van der Waals surface area (Å²) in [7, 11) is -3.38. The average Bonchev–Trinajstić information content (AvgIpc) is 2.86. The molecule has 0 aliphatic heterocycles. The number of aryl methyl sites for hydroxylation is 2. The Labute approximate surface area is 228 Å². The molecule has 3 aromatic rings. The lowest BCUT2D eigenvalue weighted by atomic mass is 10.00. The Morgan fingerprint density at radius 2 is 1.59 bits per heavy atom. The molecule has 1 amide bonds. The minimum atomic E-state index is -3.38. The summed E-state index contributed by atoms with van der Waals surface area (Å²) in [6.07, 6.45) is 1.49. The van der Waals surface area contributed by atoms with Gasteiger partial charge in [0.25, 0.3) is 0 Å². The van der Waals surface area contributed by atoms with Crippen LogP contribution in [0.4, 0.5) is 14.5 Å². The van der Waals surface area contributed by atoms with Crippen LogP contribution in [0.1, 0.15) is 35.6 Å². The number of carbonyl (C=O) groups is 1. The summed E-state index contributed by atoms with van der Waals surface area (Å²) in [6, 6.07) is 17.1. The summed E-state index contributed by atoms with van der Waals surface area (Å²) in [5.41, 5.74) is 3.83. The molecule has 0 aliphatic rings. The molecule has 0 fully saturated rings. The number of rotatable bonds is 14. The Bertz CT molecular complexity index is 1330. The summed E-state index contributed by atoms with van der Waals surface area (Å²) >= 11 is 0. The Hall–Kier alpha value is -3.34. The third-order valence-corrected chi connectivity index (χ3v) is 6.78. The van der Waals surface area contributed by atoms with Crippen molar-refractivity contribution in [1.29, 1.82) is 0 Å². The van der Waals surface area contributed by atoms with Crippen molar-refractivity contribution in [1.82, 2.24) is 10.6 Å². The highest BCUT2D eigenvalue weighted by atomic mass is 32.2. The van der Waals surface area contributed by atoms with Gasteiger partial charge in [0.05, 0.1) is 18.4 Å². The van der Waals surface area contributed by atoms with Gasteiger partial charge in [0.2, 0.25) is 15.9 Å². The molecule has 39 heavy (non-hydrogen) atoms. The summed E-state index contributed by atoms with van der Waals surface area (Å²) in [4.78, 5) is 12.8. The SMILES string of the molecule is CCc1cccc(CNCC(O)C(Cc2cc(F)cc(F)c2)NC(=O)CCc2ccc(NS(C)(=O)=O)cc2)c1. The quantitative estimate of drug-likeness (QED) is 0.241. The molecule has 10 heteroatoms. The molecule has 0 heterocycles. The fraction of sp³-hybridized carbons (Fsp3) is 0.345. The number of anilines is 1. The molecule has 3 aromatic carbocycles.